The zero-order valence-corrected chi connectivity index (χ0v) is 14.9. The van der Waals surface area contributed by atoms with Gasteiger partial charge < -0.3 is 11.1 Å². The number of benzene rings is 1. The van der Waals surface area contributed by atoms with Gasteiger partial charge in [0, 0.05) is 11.3 Å². The lowest BCUT2D eigenvalue weighted by molar-refractivity contribution is 0.102. The Hall–Kier alpha value is -3.15. The van der Waals surface area contributed by atoms with Gasteiger partial charge in [0.2, 0.25) is 0 Å². The predicted octanol–water partition coefficient (Wildman–Crippen LogP) is 3.21. The normalized spacial score (nSPS) is 12.8. The highest BCUT2D eigenvalue weighted by atomic mass is 16.2. The number of nitrogens with zero attached hydrogens (tertiary/aromatic N) is 3. The van der Waals surface area contributed by atoms with E-state index in [0.717, 1.165) is 41.8 Å². The lowest BCUT2D eigenvalue weighted by Crippen LogP contribution is -2.15. The summed E-state index contributed by atoms with van der Waals surface area (Å²) >= 11 is 0. The molecule has 1 aromatic carbocycles. The van der Waals surface area contributed by atoms with Crippen LogP contribution in [0.1, 0.15) is 39.3 Å². The van der Waals surface area contributed by atoms with Gasteiger partial charge in [0.1, 0.15) is 5.82 Å². The molecule has 132 valence electrons. The average molecular weight is 347 g/mol. The molecule has 0 saturated heterocycles. The number of pyridine rings is 1. The number of nitrogens with one attached hydrogen (secondary N) is 1. The molecule has 0 aliphatic heterocycles. The smallest absolute Gasteiger partial charge is 0.276 e. The molecule has 3 N–H and O–H groups in total. The van der Waals surface area contributed by atoms with Gasteiger partial charge in [-0.15, -0.1) is 0 Å². The van der Waals surface area contributed by atoms with Crippen molar-refractivity contribution >= 4 is 17.4 Å². The number of nitrogen functional groups attached to an aromatic ring is 1. The molecule has 26 heavy (non-hydrogen) atoms. The van der Waals surface area contributed by atoms with Gasteiger partial charge in [0.05, 0.1) is 17.6 Å². The summed E-state index contributed by atoms with van der Waals surface area (Å²) in [6.07, 6.45) is 4.41. The van der Waals surface area contributed by atoms with Gasteiger partial charge in [0.25, 0.3) is 5.91 Å². The Labute approximate surface area is 152 Å². The molecular weight excluding hydrogens is 326 g/mol. The van der Waals surface area contributed by atoms with E-state index in [1.807, 2.05) is 4.68 Å². The van der Waals surface area contributed by atoms with Crippen LogP contribution in [0.25, 0.3) is 5.69 Å². The Morgan fingerprint density at radius 3 is 2.77 bits per heavy atom. The molecule has 2 aromatic heterocycles. The number of hydrogen-bond donors (Lipinski definition) is 2. The van der Waals surface area contributed by atoms with E-state index in [0.29, 0.717) is 17.2 Å². The van der Waals surface area contributed by atoms with Crippen LogP contribution in [0.2, 0.25) is 0 Å². The highest BCUT2D eigenvalue weighted by molar-refractivity contribution is 6.04. The summed E-state index contributed by atoms with van der Waals surface area (Å²) in [7, 11) is 0. The maximum Gasteiger partial charge on any atom is 0.276 e. The van der Waals surface area contributed by atoms with Crippen LogP contribution in [0.3, 0.4) is 0 Å². The molecule has 4 rings (SSSR count). The van der Waals surface area contributed by atoms with Gasteiger partial charge in [-0.3, -0.25) is 4.79 Å². The van der Waals surface area contributed by atoms with E-state index in [1.165, 1.54) is 5.56 Å². The highest BCUT2D eigenvalue weighted by Gasteiger charge is 2.27. The van der Waals surface area contributed by atoms with Crippen LogP contribution in [0.15, 0.2) is 36.5 Å². The third-order valence-electron chi connectivity index (χ3n) is 4.77. The van der Waals surface area contributed by atoms with Crippen molar-refractivity contribution in [3.05, 3.63) is 64.6 Å². The lowest BCUT2D eigenvalue weighted by atomic mass is 10.1. The first-order valence-electron chi connectivity index (χ1n) is 8.74. The van der Waals surface area contributed by atoms with E-state index < -0.39 is 0 Å². The van der Waals surface area contributed by atoms with Crippen LogP contribution in [-0.4, -0.2) is 20.7 Å². The molecule has 0 bridgehead atoms. The number of carbonyl (C=O) groups is 1. The Bertz CT molecular complexity index is 988. The first kappa shape index (κ1) is 16.3. The van der Waals surface area contributed by atoms with Crippen molar-refractivity contribution in [3.8, 4) is 5.69 Å². The number of aryl methyl sites for hydroxylation is 2. The number of fused-ring (bicyclic) bond motifs is 1. The Balaban J connectivity index is 1.71. The number of aromatic nitrogens is 3. The Morgan fingerprint density at radius 2 is 2.04 bits per heavy atom. The van der Waals surface area contributed by atoms with Crippen molar-refractivity contribution < 1.29 is 4.79 Å². The first-order chi connectivity index (χ1) is 12.5. The van der Waals surface area contributed by atoms with Crippen LogP contribution < -0.4 is 11.1 Å². The molecule has 1 amide bonds. The van der Waals surface area contributed by atoms with Crippen molar-refractivity contribution in [2.24, 2.45) is 0 Å². The molecular formula is C20H21N5O. The second-order valence-electron chi connectivity index (χ2n) is 6.76. The molecule has 0 spiro atoms. The van der Waals surface area contributed by atoms with E-state index in [4.69, 9.17) is 5.73 Å². The minimum Gasteiger partial charge on any atom is -0.384 e. The monoisotopic (exact) mass is 347 g/mol. The zero-order valence-electron chi connectivity index (χ0n) is 14.9. The number of nitrogens with two attached hydrogens (primary N) is 1. The summed E-state index contributed by atoms with van der Waals surface area (Å²) in [6.45, 7) is 4.15. The van der Waals surface area contributed by atoms with Crippen molar-refractivity contribution in [2.45, 2.75) is 33.1 Å². The van der Waals surface area contributed by atoms with Crippen molar-refractivity contribution in [1.29, 1.82) is 0 Å². The minimum absolute atomic E-state index is 0.210. The van der Waals surface area contributed by atoms with E-state index in [1.54, 1.807) is 18.3 Å². The van der Waals surface area contributed by atoms with Gasteiger partial charge in [-0.2, -0.15) is 5.10 Å². The molecule has 0 atom stereocenters. The minimum atomic E-state index is -0.210. The second kappa shape index (κ2) is 6.29. The van der Waals surface area contributed by atoms with E-state index in [-0.39, 0.29) is 5.91 Å². The molecule has 3 aromatic rings. The van der Waals surface area contributed by atoms with Crippen LogP contribution in [0.4, 0.5) is 11.5 Å². The second-order valence-corrected chi connectivity index (χ2v) is 6.76. The quantitative estimate of drug-likeness (QED) is 0.762. The number of rotatable bonds is 3. The van der Waals surface area contributed by atoms with Crippen molar-refractivity contribution in [1.82, 2.24) is 14.8 Å². The summed E-state index contributed by atoms with van der Waals surface area (Å²) in [6, 6.07) is 9.68. The third-order valence-corrected chi connectivity index (χ3v) is 4.77. The molecule has 2 heterocycles. The van der Waals surface area contributed by atoms with Crippen LogP contribution in [0, 0.1) is 13.8 Å². The number of hydrogen-bond acceptors (Lipinski definition) is 4. The summed E-state index contributed by atoms with van der Waals surface area (Å²) in [5.74, 6) is 0.209. The van der Waals surface area contributed by atoms with E-state index >= 15 is 0 Å². The molecule has 0 radical (unpaired) electrons. The Kier molecular flexibility index (Phi) is 3.95. The van der Waals surface area contributed by atoms with E-state index in [2.05, 4.69) is 47.4 Å². The van der Waals surface area contributed by atoms with Crippen molar-refractivity contribution in [3.63, 3.8) is 0 Å². The first-order valence-corrected chi connectivity index (χ1v) is 8.74. The molecule has 0 saturated carbocycles. The van der Waals surface area contributed by atoms with Crippen molar-refractivity contribution in [2.75, 3.05) is 11.1 Å². The van der Waals surface area contributed by atoms with Gasteiger partial charge in [-0.05, 0) is 56.9 Å². The van der Waals surface area contributed by atoms with E-state index in [9.17, 15) is 4.79 Å². The maximum absolute atomic E-state index is 12.8. The summed E-state index contributed by atoms with van der Waals surface area (Å²) in [4.78, 5) is 16.8. The standard InChI is InChI=1S/C20H21N5O/c1-12-6-8-16(13(2)10-12)25-17-5-3-4-15(17)19(24-25)20(26)23-14-7-9-18(21)22-11-14/h6-11H,3-5H2,1-2H3,(H2,21,22)(H,23,26). The summed E-state index contributed by atoms with van der Waals surface area (Å²) in [5.41, 5.74) is 12.3. The molecule has 0 unspecified atom stereocenters. The van der Waals surface area contributed by atoms with Gasteiger partial charge >= 0.3 is 0 Å². The highest BCUT2D eigenvalue weighted by Crippen LogP contribution is 2.29. The number of amides is 1. The fourth-order valence-corrected chi connectivity index (χ4v) is 3.53. The maximum atomic E-state index is 12.8. The fourth-order valence-electron chi connectivity index (χ4n) is 3.53. The van der Waals surface area contributed by atoms with Crippen LogP contribution in [-0.2, 0) is 12.8 Å². The van der Waals surface area contributed by atoms with Crippen LogP contribution in [0.5, 0.6) is 0 Å². The lowest BCUT2D eigenvalue weighted by Gasteiger charge is -2.10. The van der Waals surface area contributed by atoms with Gasteiger partial charge in [0.15, 0.2) is 5.69 Å². The van der Waals surface area contributed by atoms with Gasteiger partial charge in [-0.25, -0.2) is 9.67 Å². The molecule has 1 aliphatic rings. The SMILES string of the molecule is Cc1ccc(-n2nc(C(=O)Nc3ccc(N)nc3)c3c2CCC3)c(C)c1. The predicted molar refractivity (Wildman–Crippen MR) is 102 cm³/mol. The van der Waals surface area contributed by atoms with Gasteiger partial charge in [-0.1, -0.05) is 17.7 Å². The zero-order chi connectivity index (χ0) is 18.3. The number of anilines is 2. The Morgan fingerprint density at radius 1 is 1.19 bits per heavy atom. The summed E-state index contributed by atoms with van der Waals surface area (Å²) < 4.78 is 1.94. The third kappa shape index (κ3) is 2.83. The topological polar surface area (TPSA) is 85.8 Å². The largest absolute Gasteiger partial charge is 0.384 e. The fraction of sp³-hybridized carbons (Fsp3) is 0.250. The molecule has 6 heteroatoms. The molecule has 6 nitrogen and oxygen atoms in total. The molecule has 0 fully saturated rings. The molecule has 1 aliphatic carbocycles. The number of carbonyl (C=O) groups excluding carboxylic acids is 1. The average Bonchev–Trinajstić information content (AvgIpc) is 3.20. The summed E-state index contributed by atoms with van der Waals surface area (Å²) in [5, 5.41) is 7.54. The van der Waals surface area contributed by atoms with Crippen LogP contribution >= 0.6 is 0 Å².